The van der Waals surface area contributed by atoms with Gasteiger partial charge in [-0.2, -0.15) is 12.6 Å². The van der Waals surface area contributed by atoms with Crippen molar-refractivity contribution in [1.82, 2.24) is 5.32 Å². The fourth-order valence-electron chi connectivity index (χ4n) is 1.32. The lowest BCUT2D eigenvalue weighted by molar-refractivity contribution is 0.623. The quantitative estimate of drug-likeness (QED) is 0.399. The van der Waals surface area contributed by atoms with Crippen LogP contribution in [-0.4, -0.2) is 17.8 Å². The highest BCUT2D eigenvalue weighted by Gasteiger charge is 2.08. The highest BCUT2D eigenvalue weighted by atomic mass is 35.5. The van der Waals surface area contributed by atoms with Gasteiger partial charge in [0.1, 0.15) is 0 Å². The van der Waals surface area contributed by atoms with E-state index in [1.807, 2.05) is 0 Å². The molecule has 0 radical (unpaired) electrons. The van der Waals surface area contributed by atoms with Crippen LogP contribution in [0.2, 0.25) is 0 Å². The molecule has 0 saturated carbocycles. The SMILES string of the molecule is CC(C)=CCC/C(C)=C/CNCC(C)(C)S.Cl. The summed E-state index contributed by atoms with van der Waals surface area (Å²) in [5.74, 6) is 0. The van der Waals surface area contributed by atoms with Crippen molar-refractivity contribution in [1.29, 1.82) is 0 Å². The molecule has 0 spiro atoms. The van der Waals surface area contributed by atoms with E-state index in [0.717, 1.165) is 25.9 Å². The number of halogens is 1. The van der Waals surface area contributed by atoms with Gasteiger partial charge in [0.05, 0.1) is 0 Å². The van der Waals surface area contributed by atoms with E-state index in [4.69, 9.17) is 0 Å². The van der Waals surface area contributed by atoms with E-state index < -0.39 is 0 Å². The summed E-state index contributed by atoms with van der Waals surface area (Å²) in [4.78, 5) is 0. The van der Waals surface area contributed by atoms with Crippen molar-refractivity contribution in [3.8, 4) is 0 Å². The first-order chi connectivity index (χ1) is 7.31. The molecule has 1 N–H and O–H groups in total. The Kier molecular flexibility index (Phi) is 11.5. The van der Waals surface area contributed by atoms with Crippen LogP contribution >= 0.6 is 25.0 Å². The highest BCUT2D eigenvalue weighted by Crippen LogP contribution is 2.09. The van der Waals surface area contributed by atoms with Crippen molar-refractivity contribution in [3.05, 3.63) is 23.3 Å². The van der Waals surface area contributed by atoms with Gasteiger partial charge in [0.15, 0.2) is 0 Å². The van der Waals surface area contributed by atoms with Gasteiger partial charge in [0, 0.05) is 17.8 Å². The number of hydrogen-bond donors (Lipinski definition) is 2. The summed E-state index contributed by atoms with van der Waals surface area (Å²) in [6, 6.07) is 0. The van der Waals surface area contributed by atoms with Crippen molar-refractivity contribution < 1.29 is 0 Å². The fourth-order valence-corrected chi connectivity index (χ4v) is 1.43. The van der Waals surface area contributed by atoms with Gasteiger partial charge in [-0.05, 0) is 47.5 Å². The summed E-state index contributed by atoms with van der Waals surface area (Å²) < 4.78 is 0.0732. The molecule has 0 aliphatic heterocycles. The molecule has 0 rings (SSSR count). The summed E-state index contributed by atoms with van der Waals surface area (Å²) in [5.41, 5.74) is 2.87. The minimum absolute atomic E-state index is 0. The Bertz CT molecular complexity index is 247. The van der Waals surface area contributed by atoms with E-state index in [9.17, 15) is 0 Å². The molecular weight excluding hydrogens is 250 g/mol. The summed E-state index contributed by atoms with van der Waals surface area (Å²) in [6.07, 6.45) is 6.89. The van der Waals surface area contributed by atoms with E-state index in [2.05, 4.69) is 64.7 Å². The van der Waals surface area contributed by atoms with Gasteiger partial charge in [0.25, 0.3) is 0 Å². The Morgan fingerprint density at radius 2 is 1.76 bits per heavy atom. The molecule has 0 unspecified atom stereocenters. The van der Waals surface area contributed by atoms with Crippen molar-refractivity contribution in [3.63, 3.8) is 0 Å². The first-order valence-corrected chi connectivity index (χ1v) is 6.48. The van der Waals surface area contributed by atoms with Crippen molar-refractivity contribution in [2.75, 3.05) is 13.1 Å². The molecule has 0 bridgehead atoms. The zero-order valence-corrected chi connectivity index (χ0v) is 13.5. The molecule has 0 aliphatic carbocycles. The van der Waals surface area contributed by atoms with Crippen LogP contribution in [0.15, 0.2) is 23.3 Å². The van der Waals surface area contributed by atoms with Gasteiger partial charge in [-0.15, -0.1) is 12.4 Å². The first kappa shape index (κ1) is 19.4. The van der Waals surface area contributed by atoms with E-state index >= 15 is 0 Å². The minimum atomic E-state index is 0. The maximum Gasteiger partial charge on any atom is 0.0198 e. The molecule has 102 valence electrons. The van der Waals surface area contributed by atoms with Gasteiger partial charge >= 0.3 is 0 Å². The average molecular weight is 278 g/mol. The van der Waals surface area contributed by atoms with Crippen LogP contribution in [-0.2, 0) is 0 Å². The van der Waals surface area contributed by atoms with Crippen LogP contribution in [0.4, 0.5) is 0 Å². The van der Waals surface area contributed by atoms with E-state index in [-0.39, 0.29) is 17.2 Å². The molecule has 17 heavy (non-hydrogen) atoms. The normalized spacial score (nSPS) is 12.0. The molecule has 3 heteroatoms. The van der Waals surface area contributed by atoms with Gasteiger partial charge < -0.3 is 5.32 Å². The lowest BCUT2D eigenvalue weighted by Crippen LogP contribution is -2.30. The second-order valence-corrected chi connectivity index (χ2v) is 6.52. The molecule has 0 aromatic rings. The topological polar surface area (TPSA) is 12.0 Å². The maximum atomic E-state index is 4.47. The largest absolute Gasteiger partial charge is 0.312 e. The molecule has 0 aliphatic rings. The molecule has 0 aromatic heterocycles. The van der Waals surface area contributed by atoms with E-state index in [1.54, 1.807) is 0 Å². The maximum absolute atomic E-state index is 4.47. The Morgan fingerprint density at radius 1 is 1.18 bits per heavy atom. The molecule has 0 heterocycles. The number of allylic oxidation sites excluding steroid dienone is 3. The fraction of sp³-hybridized carbons (Fsp3) is 0.714. The standard InChI is InChI=1S/C14H27NS.ClH/c1-12(2)7-6-8-13(3)9-10-15-11-14(4,5)16;/h7,9,15-16H,6,8,10-11H2,1-5H3;1H/b13-9+;. The third-order valence-electron chi connectivity index (χ3n) is 2.24. The molecule has 0 fully saturated rings. The molecule has 0 saturated heterocycles. The van der Waals surface area contributed by atoms with Crippen LogP contribution in [0.25, 0.3) is 0 Å². The number of thiol groups is 1. The Labute approximate surface area is 119 Å². The number of rotatable bonds is 7. The molecular formula is C14H28ClNS. The minimum Gasteiger partial charge on any atom is -0.312 e. The van der Waals surface area contributed by atoms with Crippen molar-refractivity contribution in [2.24, 2.45) is 0 Å². The lowest BCUT2D eigenvalue weighted by Gasteiger charge is -2.17. The molecule has 0 atom stereocenters. The first-order valence-electron chi connectivity index (χ1n) is 6.03. The second kappa shape index (κ2) is 10.0. The Balaban J connectivity index is 0. The van der Waals surface area contributed by atoms with Gasteiger partial charge in [-0.25, -0.2) is 0 Å². The van der Waals surface area contributed by atoms with Crippen molar-refractivity contribution >= 4 is 25.0 Å². The van der Waals surface area contributed by atoms with E-state index in [0.29, 0.717) is 0 Å². The van der Waals surface area contributed by atoms with Crippen LogP contribution in [0.3, 0.4) is 0 Å². The van der Waals surface area contributed by atoms with Crippen LogP contribution in [0.5, 0.6) is 0 Å². The van der Waals surface area contributed by atoms with Gasteiger partial charge in [-0.3, -0.25) is 0 Å². The van der Waals surface area contributed by atoms with Gasteiger partial charge in [-0.1, -0.05) is 23.3 Å². The van der Waals surface area contributed by atoms with Crippen LogP contribution in [0, 0.1) is 0 Å². The molecule has 1 nitrogen and oxygen atoms in total. The molecule has 0 aromatic carbocycles. The lowest BCUT2D eigenvalue weighted by atomic mass is 10.1. The zero-order valence-electron chi connectivity index (χ0n) is 11.8. The number of hydrogen-bond acceptors (Lipinski definition) is 2. The van der Waals surface area contributed by atoms with Gasteiger partial charge in [0.2, 0.25) is 0 Å². The van der Waals surface area contributed by atoms with Crippen molar-refractivity contribution in [2.45, 2.75) is 52.2 Å². The summed E-state index contributed by atoms with van der Waals surface area (Å²) in [7, 11) is 0. The van der Waals surface area contributed by atoms with E-state index in [1.165, 1.54) is 11.1 Å². The summed E-state index contributed by atoms with van der Waals surface area (Å²) in [6.45, 7) is 12.6. The summed E-state index contributed by atoms with van der Waals surface area (Å²) in [5, 5.41) is 3.39. The molecule has 0 amide bonds. The van der Waals surface area contributed by atoms with Crippen LogP contribution < -0.4 is 5.32 Å². The third kappa shape index (κ3) is 16.1. The Hall–Kier alpha value is 0.0800. The highest BCUT2D eigenvalue weighted by molar-refractivity contribution is 7.81. The monoisotopic (exact) mass is 277 g/mol. The predicted octanol–water partition coefficient (Wildman–Crippen LogP) is 4.40. The predicted molar refractivity (Wildman–Crippen MR) is 85.6 cm³/mol. The Morgan fingerprint density at radius 3 is 2.24 bits per heavy atom. The average Bonchev–Trinajstić information content (AvgIpc) is 2.10. The second-order valence-electron chi connectivity index (χ2n) is 5.31. The summed E-state index contributed by atoms with van der Waals surface area (Å²) >= 11 is 4.47. The smallest absolute Gasteiger partial charge is 0.0198 e. The third-order valence-corrected chi connectivity index (χ3v) is 2.40. The van der Waals surface area contributed by atoms with Crippen LogP contribution in [0.1, 0.15) is 47.5 Å². The number of nitrogens with one attached hydrogen (secondary N) is 1. The zero-order chi connectivity index (χ0) is 12.6.